The number of para-hydroxylation sites is 1. The molecule has 3 heteroatoms. The van der Waals surface area contributed by atoms with E-state index < -0.39 is 0 Å². The molecule has 0 radical (unpaired) electrons. The van der Waals surface area contributed by atoms with Gasteiger partial charge in [-0.25, -0.2) is 0 Å². The molecule has 0 amide bonds. The van der Waals surface area contributed by atoms with Gasteiger partial charge in [0.1, 0.15) is 11.5 Å². The summed E-state index contributed by atoms with van der Waals surface area (Å²) in [6.45, 7) is 5.28. The lowest BCUT2D eigenvalue weighted by atomic mass is 9.85. The smallest absolute Gasteiger partial charge is 0.127 e. The highest BCUT2D eigenvalue weighted by atomic mass is 35.5. The van der Waals surface area contributed by atoms with Crippen molar-refractivity contribution in [1.29, 1.82) is 0 Å². The molecule has 2 aromatic carbocycles. The highest BCUT2D eigenvalue weighted by Gasteiger charge is 2.20. The van der Waals surface area contributed by atoms with Crippen molar-refractivity contribution in [3.05, 3.63) is 60.2 Å². The van der Waals surface area contributed by atoms with Gasteiger partial charge in [-0.3, -0.25) is 0 Å². The van der Waals surface area contributed by atoms with Crippen LogP contribution in [-0.4, -0.2) is 6.54 Å². The maximum absolute atomic E-state index is 5.76. The van der Waals surface area contributed by atoms with Gasteiger partial charge in [0.25, 0.3) is 0 Å². The fraction of sp³-hybridized carbons (Fsp3) is 0.250. The van der Waals surface area contributed by atoms with E-state index in [-0.39, 0.29) is 17.8 Å². The molecule has 0 spiro atoms. The summed E-state index contributed by atoms with van der Waals surface area (Å²) in [6, 6.07) is 18.1. The van der Waals surface area contributed by atoms with Crippen LogP contribution in [0.2, 0.25) is 0 Å². The van der Waals surface area contributed by atoms with Crippen LogP contribution in [0.25, 0.3) is 0 Å². The van der Waals surface area contributed by atoms with Gasteiger partial charge in [0.05, 0.1) is 6.54 Å². The topological polar surface area (TPSA) is 36.9 Å². The van der Waals surface area contributed by atoms with Crippen molar-refractivity contribution in [2.45, 2.75) is 19.3 Å². The fourth-order valence-corrected chi connectivity index (χ4v) is 1.74. The van der Waals surface area contributed by atoms with Crippen molar-refractivity contribution < 1.29 is 22.9 Å². The van der Waals surface area contributed by atoms with Crippen LogP contribution in [0.4, 0.5) is 0 Å². The first kappa shape index (κ1) is 15.5. The molecule has 0 bridgehead atoms. The molecule has 0 aliphatic rings. The number of ether oxygens (including phenoxy) is 1. The van der Waals surface area contributed by atoms with Gasteiger partial charge in [-0.2, -0.15) is 0 Å². The van der Waals surface area contributed by atoms with Crippen LogP contribution < -0.4 is 22.9 Å². The standard InChI is InChI=1S/C16H19NO.ClH/c1-16(2,12-17)13-8-10-15(11-9-13)18-14-6-4-3-5-7-14;/h3-11H,12,17H2,1-2H3;1H. The zero-order valence-corrected chi connectivity index (χ0v) is 12.2. The Bertz CT molecular complexity index is 494. The van der Waals surface area contributed by atoms with E-state index in [1.807, 2.05) is 42.5 Å². The minimum absolute atomic E-state index is 0. The summed E-state index contributed by atoms with van der Waals surface area (Å²) in [6.07, 6.45) is 0. The molecule has 0 atom stereocenters. The number of hydrogen-bond donors (Lipinski definition) is 1. The van der Waals surface area contributed by atoms with E-state index in [2.05, 4.69) is 31.7 Å². The molecule has 0 aliphatic carbocycles. The molecule has 2 rings (SSSR count). The minimum atomic E-state index is 0. The van der Waals surface area contributed by atoms with Crippen LogP contribution in [0.3, 0.4) is 0 Å². The first-order valence-corrected chi connectivity index (χ1v) is 6.24. The quantitative estimate of drug-likeness (QED) is 0.839. The summed E-state index contributed by atoms with van der Waals surface area (Å²) in [5.74, 6) is 1.73. The molecule has 3 N–H and O–H groups in total. The van der Waals surface area contributed by atoms with Gasteiger partial charge in [0.15, 0.2) is 0 Å². The van der Waals surface area contributed by atoms with Crippen LogP contribution in [-0.2, 0) is 5.41 Å². The molecule has 2 nitrogen and oxygen atoms in total. The Balaban J connectivity index is 0.00000180. The third-order valence-corrected chi connectivity index (χ3v) is 3.24. The molecule has 0 saturated heterocycles. The second kappa shape index (κ2) is 6.60. The van der Waals surface area contributed by atoms with E-state index >= 15 is 0 Å². The lowest BCUT2D eigenvalue weighted by molar-refractivity contribution is -0.380. The van der Waals surface area contributed by atoms with E-state index in [1.165, 1.54) is 5.56 Å². The molecular weight excluding hydrogens is 258 g/mol. The first-order valence-electron chi connectivity index (χ1n) is 6.24. The second-order valence-corrected chi connectivity index (χ2v) is 5.07. The van der Waals surface area contributed by atoms with Gasteiger partial charge in [-0.1, -0.05) is 44.2 Å². The highest BCUT2D eigenvalue weighted by Crippen LogP contribution is 2.26. The van der Waals surface area contributed by atoms with Gasteiger partial charge in [0, 0.05) is 5.41 Å². The average Bonchev–Trinajstić information content (AvgIpc) is 2.40. The number of halogens is 1. The monoisotopic (exact) mass is 277 g/mol. The molecule has 0 heterocycles. The zero-order valence-electron chi connectivity index (χ0n) is 11.4. The zero-order chi connectivity index (χ0) is 13.0. The SMILES string of the molecule is CC(C)(C[NH3+])c1ccc(Oc2ccccc2)cc1.[Cl-]. The second-order valence-electron chi connectivity index (χ2n) is 5.07. The summed E-state index contributed by atoms with van der Waals surface area (Å²) in [7, 11) is 0. The van der Waals surface area contributed by atoms with E-state index in [0.717, 1.165) is 18.0 Å². The van der Waals surface area contributed by atoms with Crippen molar-refractivity contribution in [2.24, 2.45) is 0 Å². The first-order chi connectivity index (χ1) is 8.62. The molecule has 0 aromatic heterocycles. The fourth-order valence-electron chi connectivity index (χ4n) is 1.74. The maximum Gasteiger partial charge on any atom is 0.127 e. The molecule has 0 fully saturated rings. The third kappa shape index (κ3) is 3.98. The Labute approximate surface area is 121 Å². The molecule has 0 aliphatic heterocycles. The number of quaternary nitrogens is 1. The summed E-state index contributed by atoms with van der Waals surface area (Å²) >= 11 is 0. The van der Waals surface area contributed by atoms with Gasteiger partial charge in [-0.15, -0.1) is 0 Å². The largest absolute Gasteiger partial charge is 1.00 e. The lowest BCUT2D eigenvalue weighted by Crippen LogP contribution is -3.00. The van der Waals surface area contributed by atoms with Crippen molar-refractivity contribution in [3.63, 3.8) is 0 Å². The third-order valence-electron chi connectivity index (χ3n) is 3.24. The maximum atomic E-state index is 5.76. The van der Waals surface area contributed by atoms with E-state index in [1.54, 1.807) is 0 Å². The summed E-state index contributed by atoms with van der Waals surface area (Å²) in [5.41, 5.74) is 5.40. The van der Waals surface area contributed by atoms with Crippen molar-refractivity contribution >= 4 is 0 Å². The van der Waals surface area contributed by atoms with Crippen molar-refractivity contribution in [1.82, 2.24) is 0 Å². The average molecular weight is 278 g/mol. The van der Waals surface area contributed by atoms with Gasteiger partial charge in [0.2, 0.25) is 0 Å². The van der Waals surface area contributed by atoms with Crippen LogP contribution >= 0.6 is 0 Å². The Morgan fingerprint density at radius 2 is 1.42 bits per heavy atom. The summed E-state index contributed by atoms with van der Waals surface area (Å²) < 4.78 is 5.76. The molecular formula is C16H20ClNO. The van der Waals surface area contributed by atoms with Gasteiger partial charge >= 0.3 is 0 Å². The van der Waals surface area contributed by atoms with Crippen LogP contribution in [0.5, 0.6) is 11.5 Å². The van der Waals surface area contributed by atoms with Gasteiger partial charge in [-0.05, 0) is 29.8 Å². The van der Waals surface area contributed by atoms with Crippen molar-refractivity contribution in [2.75, 3.05) is 6.54 Å². The van der Waals surface area contributed by atoms with Gasteiger partial charge < -0.3 is 22.9 Å². The van der Waals surface area contributed by atoms with Crippen LogP contribution in [0, 0.1) is 0 Å². The molecule has 2 aromatic rings. The van der Waals surface area contributed by atoms with E-state index in [4.69, 9.17) is 4.74 Å². The predicted octanol–water partition coefficient (Wildman–Crippen LogP) is 0.00240. The lowest BCUT2D eigenvalue weighted by Gasteiger charge is -2.20. The molecule has 102 valence electrons. The summed E-state index contributed by atoms with van der Waals surface area (Å²) in [4.78, 5) is 0. The Morgan fingerprint density at radius 1 is 0.895 bits per heavy atom. The number of rotatable bonds is 4. The highest BCUT2D eigenvalue weighted by molar-refractivity contribution is 5.35. The number of hydrogen-bond acceptors (Lipinski definition) is 1. The Kier molecular flexibility index (Phi) is 5.40. The molecule has 0 saturated carbocycles. The normalized spacial score (nSPS) is 10.7. The van der Waals surface area contributed by atoms with Crippen molar-refractivity contribution in [3.8, 4) is 11.5 Å². The predicted molar refractivity (Wildman–Crippen MR) is 73.7 cm³/mol. The minimum Gasteiger partial charge on any atom is -1.00 e. The number of benzene rings is 2. The molecule has 0 unspecified atom stereocenters. The van der Waals surface area contributed by atoms with Crippen LogP contribution in [0.15, 0.2) is 54.6 Å². The van der Waals surface area contributed by atoms with E-state index in [9.17, 15) is 0 Å². The van der Waals surface area contributed by atoms with E-state index in [0.29, 0.717) is 0 Å². The Hall–Kier alpha value is -1.51. The van der Waals surface area contributed by atoms with Crippen LogP contribution in [0.1, 0.15) is 19.4 Å². The summed E-state index contributed by atoms with van der Waals surface area (Å²) in [5, 5.41) is 0. The molecule has 19 heavy (non-hydrogen) atoms. The Morgan fingerprint density at radius 3 is 1.95 bits per heavy atom.